The minimum atomic E-state index is -1.49. The third-order valence-corrected chi connectivity index (χ3v) is 7.44. The highest BCUT2D eigenvalue weighted by Gasteiger charge is 2.20. The molecule has 3 aromatic rings. The van der Waals surface area contributed by atoms with E-state index in [1.165, 1.54) is 32.1 Å². The van der Waals surface area contributed by atoms with Crippen LogP contribution in [0.2, 0.25) is 0 Å². The number of para-hydroxylation sites is 1. The van der Waals surface area contributed by atoms with Crippen LogP contribution < -0.4 is 10.1 Å². The van der Waals surface area contributed by atoms with Crippen LogP contribution >= 0.6 is 11.3 Å². The highest BCUT2D eigenvalue weighted by molar-refractivity contribution is 7.14. The van der Waals surface area contributed by atoms with E-state index >= 15 is 0 Å². The van der Waals surface area contributed by atoms with E-state index in [0.29, 0.717) is 36.7 Å². The molecule has 2 N–H and O–H groups in total. The van der Waals surface area contributed by atoms with Gasteiger partial charge in [-0.15, -0.1) is 11.3 Å². The molecule has 2 aromatic carbocycles. The van der Waals surface area contributed by atoms with Gasteiger partial charge in [-0.05, 0) is 37.0 Å². The quantitative estimate of drug-likeness (QED) is 0.199. The molecule has 0 unspecified atom stereocenters. The Morgan fingerprint density at radius 1 is 1.15 bits per heavy atom. The van der Waals surface area contributed by atoms with Crippen LogP contribution in [-0.4, -0.2) is 42.8 Å². The van der Waals surface area contributed by atoms with Gasteiger partial charge in [0, 0.05) is 40.3 Å². The lowest BCUT2D eigenvalue weighted by molar-refractivity contribution is -0.135. The number of halogens is 2. The highest BCUT2D eigenvalue weighted by atomic mass is 32.1. The van der Waals surface area contributed by atoms with Crippen molar-refractivity contribution in [3.63, 3.8) is 0 Å². The first-order chi connectivity index (χ1) is 19.3. The smallest absolute Gasteiger partial charge is 0.371 e. The van der Waals surface area contributed by atoms with Gasteiger partial charge in [-0.25, -0.2) is 18.6 Å². The molecule has 1 aliphatic rings. The summed E-state index contributed by atoms with van der Waals surface area (Å²) in [6.07, 6.45) is 6.91. The molecule has 0 spiro atoms. The van der Waals surface area contributed by atoms with Gasteiger partial charge in [-0.3, -0.25) is 10.1 Å². The van der Waals surface area contributed by atoms with Crippen molar-refractivity contribution in [2.45, 2.75) is 38.7 Å². The maximum absolute atomic E-state index is 14.6. The predicted molar refractivity (Wildman–Crippen MR) is 147 cm³/mol. The van der Waals surface area contributed by atoms with Crippen LogP contribution in [0.4, 0.5) is 13.9 Å². The van der Waals surface area contributed by atoms with Gasteiger partial charge in [0.05, 0.1) is 26.5 Å². The number of ether oxygens (including phenoxy) is 3. The van der Waals surface area contributed by atoms with E-state index in [1.807, 2.05) is 18.2 Å². The van der Waals surface area contributed by atoms with Crippen LogP contribution in [0.15, 0.2) is 41.5 Å². The standard InChI is InChI=1S/C29H30F2N2O6S/c1-37-25(28(35)36)13-21-22(30)11-19(12-23(21)31)27(34)33-29-32-24(16-40-29)20-10-6-9-18(26(20)38-2)15-39-14-17-7-4-3-5-8-17/h6,9-13,16-17H,3-5,7-8,14-15H2,1-2H3,(H,35,36)(H,32,33,34)/b25-13-. The lowest BCUT2D eigenvalue weighted by atomic mass is 9.90. The molecule has 1 fully saturated rings. The number of aliphatic carboxylic acids is 1. The number of nitrogens with zero attached hydrogens (tertiary/aromatic N) is 1. The van der Waals surface area contributed by atoms with Gasteiger partial charge in [-0.1, -0.05) is 31.4 Å². The number of benzene rings is 2. The lowest BCUT2D eigenvalue weighted by Crippen LogP contribution is -2.13. The van der Waals surface area contributed by atoms with E-state index in [1.54, 1.807) is 12.5 Å². The van der Waals surface area contributed by atoms with E-state index in [0.717, 1.165) is 41.7 Å². The molecule has 40 heavy (non-hydrogen) atoms. The van der Waals surface area contributed by atoms with Gasteiger partial charge in [0.2, 0.25) is 5.76 Å². The van der Waals surface area contributed by atoms with Crippen LogP contribution in [0, 0.1) is 17.6 Å². The largest absolute Gasteiger partial charge is 0.496 e. The zero-order valence-corrected chi connectivity index (χ0v) is 23.0. The molecular weight excluding hydrogens is 542 g/mol. The Kier molecular flexibility index (Phi) is 9.84. The number of nitrogens with one attached hydrogen (secondary N) is 1. The zero-order chi connectivity index (χ0) is 28.6. The number of anilines is 1. The van der Waals surface area contributed by atoms with E-state index in [2.05, 4.69) is 15.0 Å². The number of carbonyl (C=O) groups is 2. The average molecular weight is 573 g/mol. The second-order valence-corrected chi connectivity index (χ2v) is 10.2. The van der Waals surface area contributed by atoms with Crippen LogP contribution in [-0.2, 0) is 20.9 Å². The van der Waals surface area contributed by atoms with Crippen molar-refractivity contribution in [2.24, 2.45) is 5.92 Å². The maximum atomic E-state index is 14.6. The van der Waals surface area contributed by atoms with Crippen LogP contribution in [0.25, 0.3) is 17.3 Å². The molecule has 1 aromatic heterocycles. The first kappa shape index (κ1) is 29.2. The highest BCUT2D eigenvalue weighted by Crippen LogP contribution is 2.35. The average Bonchev–Trinajstić information content (AvgIpc) is 3.41. The van der Waals surface area contributed by atoms with Gasteiger partial charge in [0.1, 0.15) is 17.4 Å². The molecule has 4 rings (SSSR count). The number of amides is 1. The van der Waals surface area contributed by atoms with E-state index in [9.17, 15) is 18.4 Å². The fourth-order valence-corrected chi connectivity index (χ4v) is 5.35. The van der Waals surface area contributed by atoms with Crippen LogP contribution in [0.5, 0.6) is 5.75 Å². The fraction of sp³-hybridized carbons (Fsp3) is 0.345. The summed E-state index contributed by atoms with van der Waals surface area (Å²) < 4.78 is 45.4. The van der Waals surface area contributed by atoms with E-state index in [-0.39, 0.29) is 10.7 Å². The Labute approximate surface area is 234 Å². The summed E-state index contributed by atoms with van der Waals surface area (Å²) in [4.78, 5) is 28.3. The van der Waals surface area contributed by atoms with Crippen molar-refractivity contribution in [1.82, 2.24) is 4.98 Å². The van der Waals surface area contributed by atoms with Crippen molar-refractivity contribution in [3.05, 3.63) is 69.8 Å². The number of methoxy groups -OCH3 is 2. The monoisotopic (exact) mass is 572 g/mol. The number of carboxylic acid groups (broad SMARTS) is 1. The Balaban J connectivity index is 1.47. The molecule has 0 radical (unpaired) electrons. The van der Waals surface area contributed by atoms with Crippen LogP contribution in [0.1, 0.15) is 53.6 Å². The summed E-state index contributed by atoms with van der Waals surface area (Å²) in [6, 6.07) is 7.30. The number of rotatable bonds is 11. The molecule has 212 valence electrons. The van der Waals surface area contributed by atoms with Crippen molar-refractivity contribution in [2.75, 3.05) is 26.1 Å². The Hall–Kier alpha value is -3.83. The SMILES string of the molecule is CO/C(=C\c1c(F)cc(C(=O)Nc2nc(-c3cccc(COCC4CCCCC4)c3OC)cs2)cc1F)C(=O)O. The summed E-state index contributed by atoms with van der Waals surface area (Å²) in [5, 5.41) is 13.5. The zero-order valence-electron chi connectivity index (χ0n) is 22.2. The molecule has 1 amide bonds. The molecule has 1 saturated carbocycles. The minimum absolute atomic E-state index is 0.221. The molecule has 0 saturated heterocycles. The second kappa shape index (κ2) is 13.5. The second-order valence-electron chi connectivity index (χ2n) is 9.38. The lowest BCUT2D eigenvalue weighted by Gasteiger charge is -2.21. The molecular formula is C29H30F2N2O6S. The van der Waals surface area contributed by atoms with Crippen LogP contribution in [0.3, 0.4) is 0 Å². The number of carboxylic acids is 1. The summed E-state index contributed by atoms with van der Waals surface area (Å²) in [6.45, 7) is 1.12. The molecule has 8 nitrogen and oxygen atoms in total. The summed E-state index contributed by atoms with van der Waals surface area (Å²) >= 11 is 1.15. The summed E-state index contributed by atoms with van der Waals surface area (Å²) in [5.74, 6) is -3.94. The fourth-order valence-electron chi connectivity index (χ4n) is 4.65. The summed E-state index contributed by atoms with van der Waals surface area (Å²) in [7, 11) is 2.64. The Morgan fingerprint density at radius 3 is 2.52 bits per heavy atom. The third kappa shape index (κ3) is 7.02. The van der Waals surface area contributed by atoms with E-state index in [4.69, 9.17) is 14.6 Å². The van der Waals surface area contributed by atoms with Gasteiger partial charge in [0.25, 0.3) is 5.91 Å². The van der Waals surface area contributed by atoms with Crippen molar-refractivity contribution in [3.8, 4) is 17.0 Å². The van der Waals surface area contributed by atoms with Gasteiger partial charge < -0.3 is 19.3 Å². The maximum Gasteiger partial charge on any atom is 0.371 e. The predicted octanol–water partition coefficient (Wildman–Crippen LogP) is 6.52. The first-order valence-electron chi connectivity index (χ1n) is 12.8. The van der Waals surface area contributed by atoms with Gasteiger partial charge >= 0.3 is 5.97 Å². The molecule has 0 aliphatic heterocycles. The Bertz CT molecular complexity index is 1380. The van der Waals surface area contributed by atoms with Crippen molar-refractivity contribution < 1.29 is 37.7 Å². The molecule has 0 atom stereocenters. The third-order valence-electron chi connectivity index (χ3n) is 6.68. The number of hydrogen-bond acceptors (Lipinski definition) is 7. The normalized spacial score (nSPS) is 14.2. The van der Waals surface area contributed by atoms with E-state index < -0.39 is 34.8 Å². The van der Waals surface area contributed by atoms with Crippen molar-refractivity contribution >= 4 is 34.4 Å². The molecule has 1 aliphatic carbocycles. The van der Waals surface area contributed by atoms with Crippen molar-refractivity contribution in [1.29, 1.82) is 0 Å². The van der Waals surface area contributed by atoms with Gasteiger partial charge in [-0.2, -0.15) is 0 Å². The minimum Gasteiger partial charge on any atom is -0.496 e. The number of aromatic nitrogens is 1. The topological polar surface area (TPSA) is 107 Å². The number of hydrogen-bond donors (Lipinski definition) is 2. The molecule has 11 heteroatoms. The first-order valence-corrected chi connectivity index (χ1v) is 13.7. The summed E-state index contributed by atoms with van der Waals surface area (Å²) in [5.41, 5.74) is 1.23. The number of thiazole rings is 1. The Morgan fingerprint density at radius 2 is 1.88 bits per heavy atom. The van der Waals surface area contributed by atoms with Gasteiger partial charge in [0.15, 0.2) is 5.13 Å². The molecule has 1 heterocycles. The molecule has 0 bridgehead atoms. The number of carbonyl (C=O) groups excluding carboxylic acids is 1.